The summed E-state index contributed by atoms with van der Waals surface area (Å²) in [5.41, 5.74) is 0. The molecule has 0 unspecified atom stereocenters. The number of ether oxygens (including phenoxy) is 1. The number of nitrogens with one attached hydrogen (secondary N) is 1. The second-order valence-corrected chi connectivity index (χ2v) is 2.37. The fourth-order valence-corrected chi connectivity index (χ4v) is 0.418. The summed E-state index contributed by atoms with van der Waals surface area (Å²) in [6.45, 7) is 3.45. The minimum Gasteiger partial charge on any atom is -0.481 e. The van der Waals surface area contributed by atoms with Gasteiger partial charge in [0.15, 0.2) is 0 Å². The van der Waals surface area contributed by atoms with Crippen molar-refractivity contribution in [3.63, 3.8) is 0 Å². The Bertz CT molecular complexity index is 280. The predicted molar refractivity (Wildman–Crippen MR) is 54.3 cm³/mol. The molecule has 0 spiro atoms. The zero-order chi connectivity index (χ0) is 13.0. The number of H-pyrrole nitrogens is 1. The second kappa shape index (κ2) is 14.4. The molecule has 0 saturated carbocycles. The van der Waals surface area contributed by atoms with E-state index in [4.69, 9.17) is 9.90 Å². The predicted octanol–water partition coefficient (Wildman–Crippen LogP) is 0.594. The molecule has 1 radical (unpaired) electrons. The van der Waals surface area contributed by atoms with Crippen molar-refractivity contribution in [3.8, 4) is 0 Å². The number of esters is 2. The molecule has 99 valence electrons. The molecule has 7 nitrogen and oxygen atoms in total. The van der Waals surface area contributed by atoms with E-state index in [0.29, 0.717) is 0 Å². The zero-order valence-electron chi connectivity index (χ0n) is 9.59. The number of aromatic nitrogens is 2. The maximum absolute atomic E-state index is 9.81. The molecule has 1 heterocycles. The van der Waals surface area contributed by atoms with Crippen LogP contribution in [0, 0.1) is 0 Å². The first kappa shape index (κ1) is 20.8. The summed E-state index contributed by atoms with van der Waals surface area (Å²) in [6, 6.07) is 1.83. The maximum Gasteiger partial charge on any atom is 0.310 e. The van der Waals surface area contributed by atoms with Crippen LogP contribution >= 0.6 is 0 Å². The van der Waals surface area contributed by atoms with Gasteiger partial charge in [-0.05, 0) is 6.07 Å². The monoisotopic (exact) mass is 333 g/mol. The first-order valence-electron chi connectivity index (χ1n) is 4.18. The van der Waals surface area contributed by atoms with Crippen molar-refractivity contribution in [2.24, 2.45) is 0 Å². The van der Waals surface area contributed by atoms with E-state index in [-0.39, 0.29) is 19.5 Å². The molecule has 8 heteroatoms. The Morgan fingerprint density at radius 3 is 1.65 bits per heavy atom. The molecule has 1 rings (SSSR count). The number of aliphatic carboxylic acids is 1. The van der Waals surface area contributed by atoms with Crippen molar-refractivity contribution in [2.75, 3.05) is 0 Å². The van der Waals surface area contributed by atoms with E-state index in [1.807, 2.05) is 6.07 Å². The van der Waals surface area contributed by atoms with Crippen LogP contribution in [0.4, 0.5) is 0 Å². The molecule has 0 amide bonds. The molecule has 0 atom stereocenters. The first-order chi connectivity index (χ1) is 7.36. The Kier molecular flexibility index (Phi) is 17.7. The standard InChI is InChI=1S/C4H6O3.C3H4N2.C2H4O2.Rh/c1-3(5)7-4(2)6;1-2-4-5-3-1;1-2(3)4;/h1-2H3;1-3H,(H,4,5);1H3,(H,3,4);. The number of carbonyl (C=O) groups is 3. The van der Waals surface area contributed by atoms with Crippen LogP contribution in [0.3, 0.4) is 0 Å². The molecule has 1 aromatic rings. The van der Waals surface area contributed by atoms with Gasteiger partial charge >= 0.3 is 11.9 Å². The fourth-order valence-electron chi connectivity index (χ4n) is 0.418. The third-order valence-corrected chi connectivity index (χ3v) is 0.693. The second-order valence-electron chi connectivity index (χ2n) is 2.37. The van der Waals surface area contributed by atoms with E-state index in [2.05, 4.69) is 14.9 Å². The molecule has 0 aliphatic rings. The molecule has 0 aliphatic carbocycles. The number of aromatic amines is 1. The maximum atomic E-state index is 9.81. The number of carboxylic acids is 1. The van der Waals surface area contributed by atoms with Crippen molar-refractivity contribution in [2.45, 2.75) is 20.8 Å². The fraction of sp³-hybridized carbons (Fsp3) is 0.333. The third-order valence-electron chi connectivity index (χ3n) is 0.693. The minimum atomic E-state index is -0.833. The molecular formula is C9H14N2O5Rh. The van der Waals surface area contributed by atoms with Gasteiger partial charge in [0, 0.05) is 52.6 Å². The van der Waals surface area contributed by atoms with Gasteiger partial charge in [0.05, 0.1) is 0 Å². The summed E-state index contributed by atoms with van der Waals surface area (Å²) in [5, 5.41) is 13.6. The van der Waals surface area contributed by atoms with Gasteiger partial charge in [-0.15, -0.1) is 0 Å². The van der Waals surface area contributed by atoms with E-state index in [0.717, 1.165) is 6.92 Å². The van der Waals surface area contributed by atoms with E-state index in [1.54, 1.807) is 12.4 Å². The molecule has 0 fully saturated rings. The minimum absolute atomic E-state index is 0. The Balaban J connectivity index is -0.000000175. The summed E-state index contributed by atoms with van der Waals surface area (Å²) >= 11 is 0. The van der Waals surface area contributed by atoms with Crippen molar-refractivity contribution in [3.05, 3.63) is 18.5 Å². The van der Waals surface area contributed by atoms with Crippen LogP contribution in [0.1, 0.15) is 20.8 Å². The average Bonchev–Trinajstić information content (AvgIpc) is 2.54. The normalized spacial score (nSPS) is 7.00. The Morgan fingerprint density at radius 1 is 1.18 bits per heavy atom. The van der Waals surface area contributed by atoms with Gasteiger partial charge < -0.3 is 9.84 Å². The molecule has 0 aromatic carbocycles. The largest absolute Gasteiger partial charge is 0.481 e. The van der Waals surface area contributed by atoms with Gasteiger partial charge in [-0.25, -0.2) is 0 Å². The summed E-state index contributed by atoms with van der Waals surface area (Å²) in [5.74, 6) is -1.96. The smallest absolute Gasteiger partial charge is 0.310 e. The van der Waals surface area contributed by atoms with Crippen LogP contribution in [-0.2, 0) is 38.6 Å². The number of hydrogen-bond acceptors (Lipinski definition) is 5. The van der Waals surface area contributed by atoms with Crippen LogP contribution in [0.25, 0.3) is 0 Å². The van der Waals surface area contributed by atoms with E-state index >= 15 is 0 Å². The summed E-state index contributed by atoms with van der Waals surface area (Å²) in [6.07, 6.45) is 3.46. The van der Waals surface area contributed by atoms with Crippen LogP contribution in [0.5, 0.6) is 0 Å². The van der Waals surface area contributed by atoms with Gasteiger partial charge in [-0.3, -0.25) is 19.5 Å². The SMILES string of the molecule is CC(=O)O.CC(=O)OC(C)=O.[Rh].c1cn[nH]c1. The quantitative estimate of drug-likeness (QED) is 0.409. The number of nitrogens with zero attached hydrogens (tertiary/aromatic N) is 1. The summed E-state index contributed by atoms with van der Waals surface area (Å²) in [4.78, 5) is 28.6. The topological polar surface area (TPSA) is 109 Å². The summed E-state index contributed by atoms with van der Waals surface area (Å²) < 4.78 is 3.97. The average molecular weight is 333 g/mol. The molecule has 0 bridgehead atoms. The van der Waals surface area contributed by atoms with Crippen molar-refractivity contribution >= 4 is 17.9 Å². The molecule has 1 aromatic heterocycles. The van der Waals surface area contributed by atoms with Crippen molar-refractivity contribution in [1.29, 1.82) is 0 Å². The van der Waals surface area contributed by atoms with Crippen LogP contribution in [-0.4, -0.2) is 33.2 Å². The summed E-state index contributed by atoms with van der Waals surface area (Å²) in [7, 11) is 0. The Hall–Kier alpha value is -1.56. The number of carboxylic acid groups (broad SMARTS) is 1. The number of carbonyl (C=O) groups excluding carboxylic acids is 2. The van der Waals surface area contributed by atoms with E-state index in [9.17, 15) is 9.59 Å². The zero-order valence-corrected chi connectivity index (χ0v) is 11.2. The van der Waals surface area contributed by atoms with Crippen LogP contribution in [0.2, 0.25) is 0 Å². The Labute approximate surface area is 111 Å². The Morgan fingerprint density at radius 2 is 1.59 bits per heavy atom. The van der Waals surface area contributed by atoms with Crippen molar-refractivity contribution < 1.29 is 43.7 Å². The number of rotatable bonds is 0. The van der Waals surface area contributed by atoms with E-state index < -0.39 is 17.9 Å². The molecule has 0 saturated heterocycles. The van der Waals surface area contributed by atoms with Crippen molar-refractivity contribution in [1.82, 2.24) is 10.2 Å². The van der Waals surface area contributed by atoms with Crippen LogP contribution < -0.4 is 0 Å². The molecule has 17 heavy (non-hydrogen) atoms. The first-order valence-corrected chi connectivity index (χ1v) is 4.18. The molecular weight excluding hydrogens is 319 g/mol. The van der Waals surface area contributed by atoms with Gasteiger partial charge in [0.1, 0.15) is 0 Å². The van der Waals surface area contributed by atoms with Gasteiger partial charge in [0.25, 0.3) is 5.97 Å². The van der Waals surface area contributed by atoms with Gasteiger partial charge in [-0.1, -0.05) is 0 Å². The molecule has 2 N–H and O–H groups in total. The van der Waals surface area contributed by atoms with E-state index in [1.165, 1.54) is 13.8 Å². The third kappa shape index (κ3) is 40.4. The number of hydrogen-bond donors (Lipinski definition) is 2. The van der Waals surface area contributed by atoms with Gasteiger partial charge in [0.2, 0.25) is 0 Å². The van der Waals surface area contributed by atoms with Gasteiger partial charge in [-0.2, -0.15) is 5.10 Å². The van der Waals surface area contributed by atoms with Crippen LogP contribution in [0.15, 0.2) is 18.5 Å². The molecule has 0 aliphatic heterocycles.